The van der Waals surface area contributed by atoms with Crippen molar-refractivity contribution < 1.29 is 4.79 Å². The van der Waals surface area contributed by atoms with Gasteiger partial charge in [0.15, 0.2) is 5.13 Å². The summed E-state index contributed by atoms with van der Waals surface area (Å²) >= 11 is 15.2. The number of carbonyl (C=O) groups excluding carboxylic acids is 1. The Bertz CT molecular complexity index is 892. The van der Waals surface area contributed by atoms with E-state index in [2.05, 4.69) is 15.3 Å². The molecule has 0 saturated heterocycles. The fourth-order valence-corrected chi connectivity index (χ4v) is 4.21. The predicted molar refractivity (Wildman–Crippen MR) is 105 cm³/mol. The maximum absolute atomic E-state index is 12.1. The largest absolute Gasteiger partial charge is 0.302 e. The van der Waals surface area contributed by atoms with E-state index >= 15 is 0 Å². The Hall–Kier alpha value is -1.47. The standard InChI is InChI=1S/C17H15Cl2N3OS2/c1-2-16-21-12(9-24-16)7-15(23)22-17-20-8-13(25-17)6-10-5-11(18)3-4-14(10)19/h3-5,8-9H,2,6-7H2,1H3,(H,20,22,23). The highest BCUT2D eigenvalue weighted by Crippen LogP contribution is 2.27. The molecule has 0 fully saturated rings. The lowest BCUT2D eigenvalue weighted by atomic mass is 10.1. The summed E-state index contributed by atoms with van der Waals surface area (Å²) in [6, 6.07) is 5.38. The number of hydrogen-bond acceptors (Lipinski definition) is 5. The molecule has 1 N–H and O–H groups in total. The van der Waals surface area contributed by atoms with Gasteiger partial charge >= 0.3 is 0 Å². The van der Waals surface area contributed by atoms with Crippen LogP contribution in [0.5, 0.6) is 0 Å². The zero-order chi connectivity index (χ0) is 17.8. The molecule has 8 heteroatoms. The van der Waals surface area contributed by atoms with Gasteiger partial charge in [-0.1, -0.05) is 30.1 Å². The Labute approximate surface area is 163 Å². The molecule has 2 aromatic heterocycles. The molecule has 3 aromatic rings. The van der Waals surface area contributed by atoms with E-state index in [1.54, 1.807) is 29.7 Å². The number of hydrogen-bond donors (Lipinski definition) is 1. The van der Waals surface area contributed by atoms with Gasteiger partial charge in [0.25, 0.3) is 0 Å². The lowest BCUT2D eigenvalue weighted by molar-refractivity contribution is -0.115. The number of anilines is 1. The monoisotopic (exact) mass is 411 g/mol. The van der Waals surface area contributed by atoms with Gasteiger partial charge in [-0.15, -0.1) is 22.7 Å². The number of amides is 1. The Balaban J connectivity index is 1.61. The van der Waals surface area contributed by atoms with Crippen molar-refractivity contribution in [3.8, 4) is 0 Å². The van der Waals surface area contributed by atoms with Crippen molar-refractivity contribution in [3.63, 3.8) is 0 Å². The molecule has 0 unspecified atom stereocenters. The SMILES string of the molecule is CCc1nc(CC(=O)Nc2ncc(Cc3cc(Cl)ccc3Cl)s2)cs1. The van der Waals surface area contributed by atoms with Gasteiger partial charge in [-0.25, -0.2) is 9.97 Å². The topological polar surface area (TPSA) is 54.9 Å². The Morgan fingerprint density at radius 2 is 2.16 bits per heavy atom. The van der Waals surface area contributed by atoms with E-state index in [0.717, 1.165) is 27.6 Å². The second-order valence-electron chi connectivity index (χ2n) is 5.36. The minimum Gasteiger partial charge on any atom is -0.302 e. The average molecular weight is 412 g/mol. The summed E-state index contributed by atoms with van der Waals surface area (Å²) < 4.78 is 0. The number of nitrogens with one attached hydrogen (secondary N) is 1. The van der Waals surface area contributed by atoms with Gasteiger partial charge in [-0.05, 0) is 30.2 Å². The molecule has 0 aliphatic heterocycles. The van der Waals surface area contributed by atoms with Crippen molar-refractivity contribution in [2.24, 2.45) is 0 Å². The number of benzene rings is 1. The smallest absolute Gasteiger partial charge is 0.232 e. The molecule has 0 spiro atoms. The lowest BCUT2D eigenvalue weighted by Crippen LogP contribution is -2.14. The zero-order valence-electron chi connectivity index (χ0n) is 13.4. The number of thiazole rings is 2. The van der Waals surface area contributed by atoms with Crippen LogP contribution in [0, 0.1) is 0 Å². The molecule has 0 bridgehead atoms. The van der Waals surface area contributed by atoms with Crippen molar-refractivity contribution in [3.05, 3.63) is 61.0 Å². The maximum atomic E-state index is 12.1. The van der Waals surface area contributed by atoms with Crippen molar-refractivity contribution >= 4 is 56.9 Å². The normalized spacial score (nSPS) is 10.8. The molecule has 0 aliphatic rings. The third kappa shape index (κ3) is 5.01. The molecule has 0 radical (unpaired) electrons. The number of rotatable bonds is 6. The fourth-order valence-electron chi connectivity index (χ4n) is 2.23. The van der Waals surface area contributed by atoms with E-state index < -0.39 is 0 Å². The fraction of sp³-hybridized carbons (Fsp3) is 0.235. The molecular weight excluding hydrogens is 397 g/mol. The summed E-state index contributed by atoms with van der Waals surface area (Å²) in [7, 11) is 0. The van der Waals surface area contributed by atoms with Crippen LogP contribution >= 0.6 is 45.9 Å². The Kier molecular flexibility index (Phi) is 6.06. The number of aryl methyl sites for hydroxylation is 1. The van der Waals surface area contributed by atoms with Gasteiger partial charge in [0.05, 0.1) is 17.1 Å². The van der Waals surface area contributed by atoms with Crippen molar-refractivity contribution in [2.75, 3.05) is 5.32 Å². The highest BCUT2D eigenvalue weighted by molar-refractivity contribution is 7.15. The van der Waals surface area contributed by atoms with Crippen LogP contribution in [0.2, 0.25) is 10.0 Å². The Morgan fingerprint density at radius 3 is 2.92 bits per heavy atom. The highest BCUT2D eigenvalue weighted by atomic mass is 35.5. The molecule has 1 amide bonds. The third-order valence-corrected chi connectivity index (χ3v) is 5.97. The number of nitrogens with zero attached hydrogens (tertiary/aromatic N) is 2. The molecule has 25 heavy (non-hydrogen) atoms. The van der Waals surface area contributed by atoms with E-state index in [-0.39, 0.29) is 12.3 Å². The van der Waals surface area contributed by atoms with Crippen LogP contribution in [0.4, 0.5) is 5.13 Å². The lowest BCUT2D eigenvalue weighted by Gasteiger charge is -2.02. The van der Waals surface area contributed by atoms with Crippen molar-refractivity contribution in [1.82, 2.24) is 9.97 Å². The van der Waals surface area contributed by atoms with Gasteiger partial charge in [0.1, 0.15) is 0 Å². The van der Waals surface area contributed by atoms with Gasteiger partial charge in [-0.3, -0.25) is 4.79 Å². The van der Waals surface area contributed by atoms with Crippen LogP contribution in [0.25, 0.3) is 0 Å². The second-order valence-corrected chi connectivity index (χ2v) is 8.26. The van der Waals surface area contributed by atoms with Crippen LogP contribution in [-0.4, -0.2) is 15.9 Å². The summed E-state index contributed by atoms with van der Waals surface area (Å²) in [6.07, 6.45) is 3.51. The molecule has 0 atom stereocenters. The van der Waals surface area contributed by atoms with Crippen LogP contribution in [0.1, 0.15) is 28.1 Å². The second kappa shape index (κ2) is 8.27. The molecule has 130 valence electrons. The third-order valence-electron chi connectivity index (χ3n) is 3.42. The van der Waals surface area contributed by atoms with Crippen LogP contribution < -0.4 is 5.32 Å². The van der Waals surface area contributed by atoms with E-state index in [9.17, 15) is 4.79 Å². The first-order valence-electron chi connectivity index (χ1n) is 7.65. The number of aromatic nitrogens is 2. The Morgan fingerprint density at radius 1 is 1.32 bits per heavy atom. The first-order valence-corrected chi connectivity index (χ1v) is 10.1. The van der Waals surface area contributed by atoms with E-state index in [4.69, 9.17) is 23.2 Å². The molecular formula is C17H15Cl2N3OS2. The molecule has 2 heterocycles. The number of carbonyl (C=O) groups is 1. The highest BCUT2D eigenvalue weighted by Gasteiger charge is 2.11. The number of halogens is 2. The average Bonchev–Trinajstić information content (AvgIpc) is 3.20. The van der Waals surface area contributed by atoms with Gasteiger partial charge in [0.2, 0.25) is 5.91 Å². The van der Waals surface area contributed by atoms with Gasteiger partial charge < -0.3 is 5.32 Å². The summed E-state index contributed by atoms with van der Waals surface area (Å²) in [5, 5.41) is 7.67. The molecule has 1 aromatic carbocycles. The van der Waals surface area contributed by atoms with Gasteiger partial charge in [-0.2, -0.15) is 0 Å². The summed E-state index contributed by atoms with van der Waals surface area (Å²) in [5.41, 5.74) is 1.73. The van der Waals surface area contributed by atoms with Gasteiger partial charge in [0, 0.05) is 32.9 Å². The quantitative estimate of drug-likeness (QED) is 0.602. The van der Waals surface area contributed by atoms with E-state index in [1.165, 1.54) is 11.3 Å². The predicted octanol–water partition coefficient (Wildman–Crippen LogP) is 5.24. The zero-order valence-corrected chi connectivity index (χ0v) is 16.5. The van der Waals surface area contributed by atoms with E-state index in [1.807, 2.05) is 18.4 Å². The summed E-state index contributed by atoms with van der Waals surface area (Å²) in [5.74, 6) is -0.116. The minimum absolute atomic E-state index is 0.116. The summed E-state index contributed by atoms with van der Waals surface area (Å²) in [4.78, 5) is 21.8. The molecule has 3 rings (SSSR count). The molecule has 0 aliphatic carbocycles. The van der Waals surface area contributed by atoms with Crippen molar-refractivity contribution in [1.29, 1.82) is 0 Å². The van der Waals surface area contributed by atoms with Crippen molar-refractivity contribution in [2.45, 2.75) is 26.2 Å². The maximum Gasteiger partial charge on any atom is 0.232 e. The first-order chi connectivity index (χ1) is 12.0. The first kappa shape index (κ1) is 18.3. The van der Waals surface area contributed by atoms with Crippen LogP contribution in [0.3, 0.4) is 0 Å². The summed E-state index contributed by atoms with van der Waals surface area (Å²) in [6.45, 7) is 2.05. The molecule has 0 saturated carbocycles. The van der Waals surface area contributed by atoms with E-state index in [0.29, 0.717) is 21.6 Å². The van der Waals surface area contributed by atoms with Crippen LogP contribution in [-0.2, 0) is 24.1 Å². The van der Waals surface area contributed by atoms with Crippen LogP contribution in [0.15, 0.2) is 29.8 Å². The molecule has 4 nitrogen and oxygen atoms in total. The minimum atomic E-state index is -0.116.